The molecule has 0 rings (SSSR count). The standard InChI is InChI=1S/C17H35NO/c1-14(2)11-15(3)9-7-8-10-16(4,5)12-17(6,18)13-19/h7,9,14-15,19H,8,10-13,18H2,1-6H3/b9-7+. The molecule has 0 aliphatic heterocycles. The number of nitrogens with two attached hydrogens (primary N) is 1. The summed E-state index contributed by atoms with van der Waals surface area (Å²) in [5.41, 5.74) is 5.76. The zero-order valence-electron chi connectivity index (χ0n) is 13.9. The molecule has 2 heteroatoms. The Bertz CT molecular complexity index is 266. The first-order valence-corrected chi connectivity index (χ1v) is 7.64. The summed E-state index contributed by atoms with van der Waals surface area (Å²) in [4.78, 5) is 0. The van der Waals surface area contributed by atoms with Crippen molar-refractivity contribution in [2.24, 2.45) is 23.0 Å². The van der Waals surface area contributed by atoms with E-state index in [0.29, 0.717) is 5.92 Å². The van der Waals surface area contributed by atoms with Crippen LogP contribution in [0, 0.1) is 17.3 Å². The molecular weight excluding hydrogens is 234 g/mol. The maximum Gasteiger partial charge on any atom is 0.0608 e. The van der Waals surface area contributed by atoms with Gasteiger partial charge >= 0.3 is 0 Å². The van der Waals surface area contributed by atoms with E-state index in [1.165, 1.54) is 6.42 Å². The van der Waals surface area contributed by atoms with Crippen molar-refractivity contribution in [3.05, 3.63) is 12.2 Å². The molecule has 0 heterocycles. The summed E-state index contributed by atoms with van der Waals surface area (Å²) in [5, 5.41) is 9.25. The Morgan fingerprint density at radius 1 is 1.16 bits per heavy atom. The van der Waals surface area contributed by atoms with E-state index in [4.69, 9.17) is 5.73 Å². The quantitative estimate of drug-likeness (QED) is 0.618. The van der Waals surface area contributed by atoms with E-state index in [2.05, 4.69) is 46.8 Å². The van der Waals surface area contributed by atoms with Crippen molar-refractivity contribution in [3.63, 3.8) is 0 Å². The van der Waals surface area contributed by atoms with Crippen LogP contribution in [0.15, 0.2) is 12.2 Å². The fraction of sp³-hybridized carbons (Fsp3) is 0.882. The van der Waals surface area contributed by atoms with Crippen LogP contribution in [0.5, 0.6) is 0 Å². The number of aliphatic hydroxyl groups is 1. The highest BCUT2D eigenvalue weighted by Gasteiger charge is 2.28. The average molecular weight is 269 g/mol. The van der Waals surface area contributed by atoms with Gasteiger partial charge in [-0.05, 0) is 49.9 Å². The molecular formula is C17H35NO. The summed E-state index contributed by atoms with van der Waals surface area (Å²) in [7, 11) is 0. The monoisotopic (exact) mass is 269 g/mol. The molecule has 0 aromatic rings. The maximum atomic E-state index is 9.25. The fourth-order valence-electron chi connectivity index (χ4n) is 2.86. The van der Waals surface area contributed by atoms with Crippen molar-refractivity contribution in [1.82, 2.24) is 0 Å². The molecule has 2 atom stereocenters. The van der Waals surface area contributed by atoms with Gasteiger partial charge in [-0.1, -0.05) is 46.8 Å². The van der Waals surface area contributed by atoms with Gasteiger partial charge in [0.1, 0.15) is 0 Å². The molecule has 0 aliphatic carbocycles. The van der Waals surface area contributed by atoms with Gasteiger partial charge in [0.05, 0.1) is 6.61 Å². The maximum absolute atomic E-state index is 9.25. The van der Waals surface area contributed by atoms with E-state index in [1.54, 1.807) is 0 Å². The van der Waals surface area contributed by atoms with Crippen LogP contribution in [0.4, 0.5) is 0 Å². The van der Waals surface area contributed by atoms with Crippen LogP contribution in [0.3, 0.4) is 0 Å². The van der Waals surface area contributed by atoms with Gasteiger partial charge in [0.25, 0.3) is 0 Å². The van der Waals surface area contributed by atoms with E-state index in [-0.39, 0.29) is 12.0 Å². The van der Waals surface area contributed by atoms with Crippen LogP contribution in [-0.4, -0.2) is 17.3 Å². The predicted molar refractivity (Wildman–Crippen MR) is 85.1 cm³/mol. The molecule has 0 fully saturated rings. The molecule has 0 bridgehead atoms. The number of hydrogen-bond donors (Lipinski definition) is 2. The fourth-order valence-corrected chi connectivity index (χ4v) is 2.86. The van der Waals surface area contributed by atoms with Crippen LogP contribution in [0.25, 0.3) is 0 Å². The van der Waals surface area contributed by atoms with Gasteiger partial charge in [-0.25, -0.2) is 0 Å². The molecule has 19 heavy (non-hydrogen) atoms. The summed E-state index contributed by atoms with van der Waals surface area (Å²) in [6, 6.07) is 0. The molecule has 2 nitrogen and oxygen atoms in total. The molecule has 0 saturated heterocycles. The van der Waals surface area contributed by atoms with Gasteiger partial charge in [0, 0.05) is 5.54 Å². The van der Waals surface area contributed by atoms with Crippen molar-refractivity contribution in [2.45, 2.75) is 72.8 Å². The van der Waals surface area contributed by atoms with Crippen molar-refractivity contribution in [2.75, 3.05) is 6.61 Å². The minimum atomic E-state index is -0.460. The van der Waals surface area contributed by atoms with E-state index < -0.39 is 5.54 Å². The van der Waals surface area contributed by atoms with Crippen LogP contribution in [0.2, 0.25) is 0 Å². The van der Waals surface area contributed by atoms with E-state index in [9.17, 15) is 5.11 Å². The molecule has 0 aromatic carbocycles. The lowest BCUT2D eigenvalue weighted by Crippen LogP contribution is -2.44. The minimum absolute atomic E-state index is 0.0533. The molecule has 3 N–H and O–H groups in total. The lowest BCUT2D eigenvalue weighted by Gasteiger charge is -2.33. The molecule has 2 unspecified atom stereocenters. The first-order valence-electron chi connectivity index (χ1n) is 7.64. The second-order valence-corrected chi connectivity index (χ2v) is 7.73. The summed E-state index contributed by atoms with van der Waals surface area (Å²) in [6.07, 6.45) is 8.96. The Labute approximate surface area is 120 Å². The van der Waals surface area contributed by atoms with E-state index >= 15 is 0 Å². The zero-order chi connectivity index (χ0) is 15.1. The highest BCUT2D eigenvalue weighted by molar-refractivity contribution is 4.90. The lowest BCUT2D eigenvalue weighted by molar-refractivity contribution is 0.148. The number of allylic oxidation sites excluding steroid dienone is 2. The van der Waals surface area contributed by atoms with E-state index in [0.717, 1.165) is 25.2 Å². The van der Waals surface area contributed by atoms with Gasteiger partial charge in [0.15, 0.2) is 0 Å². The number of rotatable bonds is 9. The zero-order valence-corrected chi connectivity index (χ0v) is 13.9. The molecule has 0 aromatic heterocycles. The lowest BCUT2D eigenvalue weighted by atomic mass is 9.77. The third kappa shape index (κ3) is 10.1. The summed E-state index contributed by atoms with van der Waals surface area (Å²) < 4.78 is 0. The van der Waals surface area contributed by atoms with E-state index in [1.807, 2.05) is 6.92 Å². The molecule has 0 amide bonds. The Morgan fingerprint density at radius 2 is 1.74 bits per heavy atom. The third-order valence-corrected chi connectivity index (χ3v) is 3.54. The first-order chi connectivity index (χ1) is 8.58. The van der Waals surface area contributed by atoms with Gasteiger partial charge in [-0.2, -0.15) is 0 Å². The largest absolute Gasteiger partial charge is 0.394 e. The van der Waals surface area contributed by atoms with Gasteiger partial charge in [0.2, 0.25) is 0 Å². The van der Waals surface area contributed by atoms with Crippen LogP contribution in [0.1, 0.15) is 67.2 Å². The molecule has 0 radical (unpaired) electrons. The minimum Gasteiger partial charge on any atom is -0.394 e. The smallest absolute Gasteiger partial charge is 0.0608 e. The van der Waals surface area contributed by atoms with Gasteiger partial charge in [-0.3, -0.25) is 0 Å². The summed E-state index contributed by atoms with van der Waals surface area (Å²) in [6.45, 7) is 13.3. The predicted octanol–water partition coefficient (Wildman–Crippen LogP) is 4.13. The Morgan fingerprint density at radius 3 is 2.21 bits per heavy atom. The van der Waals surface area contributed by atoms with Crippen molar-refractivity contribution in [3.8, 4) is 0 Å². The van der Waals surface area contributed by atoms with Gasteiger partial charge in [-0.15, -0.1) is 0 Å². The summed E-state index contributed by atoms with van der Waals surface area (Å²) in [5.74, 6) is 1.43. The molecule has 114 valence electrons. The molecule has 0 saturated carbocycles. The highest BCUT2D eigenvalue weighted by atomic mass is 16.3. The Kier molecular flexibility index (Phi) is 7.92. The topological polar surface area (TPSA) is 46.2 Å². The second-order valence-electron chi connectivity index (χ2n) is 7.73. The van der Waals surface area contributed by atoms with Crippen LogP contribution in [-0.2, 0) is 0 Å². The second kappa shape index (κ2) is 8.06. The number of hydrogen-bond acceptors (Lipinski definition) is 2. The Hall–Kier alpha value is -0.340. The SMILES string of the molecule is CC(C)CC(C)/C=C/CCC(C)(C)CC(C)(N)CO. The van der Waals surface area contributed by atoms with Crippen molar-refractivity contribution < 1.29 is 5.11 Å². The van der Waals surface area contributed by atoms with Crippen LogP contribution < -0.4 is 5.73 Å². The van der Waals surface area contributed by atoms with Gasteiger partial charge < -0.3 is 10.8 Å². The normalized spacial score (nSPS) is 17.9. The Balaban J connectivity index is 4.08. The summed E-state index contributed by atoms with van der Waals surface area (Å²) >= 11 is 0. The molecule has 0 spiro atoms. The number of aliphatic hydroxyl groups excluding tert-OH is 1. The van der Waals surface area contributed by atoms with Crippen molar-refractivity contribution in [1.29, 1.82) is 0 Å². The molecule has 0 aliphatic rings. The average Bonchev–Trinajstić information content (AvgIpc) is 2.22. The first kappa shape index (κ1) is 18.7. The highest BCUT2D eigenvalue weighted by Crippen LogP contribution is 2.31. The van der Waals surface area contributed by atoms with Crippen LogP contribution >= 0.6 is 0 Å². The van der Waals surface area contributed by atoms with Crippen molar-refractivity contribution >= 4 is 0 Å². The third-order valence-electron chi connectivity index (χ3n) is 3.54.